The Bertz CT molecular complexity index is 926. The first kappa shape index (κ1) is 21.7. The number of rotatable bonds is 6. The van der Waals surface area contributed by atoms with Gasteiger partial charge >= 0.3 is 11.9 Å². The quantitative estimate of drug-likeness (QED) is 0.679. The molecule has 2 aromatic heterocycles. The minimum Gasteiger partial charge on any atom is -0.462 e. The van der Waals surface area contributed by atoms with Crippen molar-refractivity contribution in [2.75, 3.05) is 11.9 Å². The molecule has 2 N–H and O–H groups in total. The van der Waals surface area contributed by atoms with Gasteiger partial charge < -0.3 is 19.8 Å². The number of pyridine rings is 1. The standard InChI is InChI=1S/C18H19Cl2N3O5/c1-5-27-17(25)13-8(2)14(22-9(13)3)18(26)28-10(4)16(24)23-15-12(20)6-11(19)7-21-15/h6-7,10,22H,5H2,1-4H3,(H,21,23,24)/t10-/m1/s1. The number of anilines is 1. The number of aromatic nitrogens is 2. The molecule has 10 heteroatoms. The van der Waals surface area contributed by atoms with E-state index < -0.39 is 23.9 Å². The summed E-state index contributed by atoms with van der Waals surface area (Å²) in [6.45, 7) is 6.52. The summed E-state index contributed by atoms with van der Waals surface area (Å²) in [5.41, 5.74) is 1.19. The minimum atomic E-state index is -1.14. The van der Waals surface area contributed by atoms with E-state index in [0.29, 0.717) is 16.3 Å². The highest BCUT2D eigenvalue weighted by molar-refractivity contribution is 6.36. The second kappa shape index (κ2) is 9.07. The molecule has 0 bridgehead atoms. The van der Waals surface area contributed by atoms with Crippen LogP contribution in [-0.2, 0) is 14.3 Å². The lowest BCUT2D eigenvalue weighted by Gasteiger charge is -2.13. The molecule has 0 aliphatic heterocycles. The van der Waals surface area contributed by atoms with Gasteiger partial charge in [0.05, 0.1) is 22.2 Å². The van der Waals surface area contributed by atoms with Gasteiger partial charge in [-0.15, -0.1) is 0 Å². The molecular formula is C18H19Cl2N3O5. The second-order valence-corrected chi connectivity index (χ2v) is 6.71. The van der Waals surface area contributed by atoms with Crippen LogP contribution in [-0.4, -0.2) is 40.5 Å². The van der Waals surface area contributed by atoms with E-state index in [4.69, 9.17) is 32.7 Å². The summed E-state index contributed by atoms with van der Waals surface area (Å²) in [5, 5.41) is 2.92. The predicted molar refractivity (Wildman–Crippen MR) is 104 cm³/mol. The average Bonchev–Trinajstić information content (AvgIpc) is 2.92. The topological polar surface area (TPSA) is 110 Å². The lowest BCUT2D eigenvalue weighted by atomic mass is 10.1. The number of aromatic amines is 1. The number of amides is 1. The molecule has 0 aliphatic carbocycles. The molecule has 2 aromatic rings. The Kier molecular flexibility index (Phi) is 7.04. The molecule has 0 saturated heterocycles. The van der Waals surface area contributed by atoms with Gasteiger partial charge in [-0.3, -0.25) is 4.79 Å². The highest BCUT2D eigenvalue weighted by Crippen LogP contribution is 2.23. The van der Waals surface area contributed by atoms with E-state index in [1.807, 2.05) is 0 Å². The second-order valence-electron chi connectivity index (χ2n) is 5.87. The third-order valence-electron chi connectivity index (χ3n) is 3.82. The maximum Gasteiger partial charge on any atom is 0.355 e. The van der Waals surface area contributed by atoms with Crippen LogP contribution in [0.15, 0.2) is 12.3 Å². The van der Waals surface area contributed by atoms with Crippen molar-refractivity contribution in [2.24, 2.45) is 0 Å². The number of carbonyl (C=O) groups excluding carboxylic acids is 3. The summed E-state index contributed by atoms with van der Waals surface area (Å²) in [4.78, 5) is 43.4. The first-order chi connectivity index (χ1) is 13.1. The number of ether oxygens (including phenoxy) is 2. The Labute approximate surface area is 171 Å². The number of hydrogen-bond donors (Lipinski definition) is 2. The van der Waals surface area contributed by atoms with Crippen molar-refractivity contribution in [2.45, 2.75) is 33.8 Å². The Morgan fingerprint density at radius 1 is 1.25 bits per heavy atom. The molecular weight excluding hydrogens is 409 g/mol. The Hall–Kier alpha value is -2.58. The van der Waals surface area contributed by atoms with Gasteiger partial charge in [-0.2, -0.15) is 0 Å². The van der Waals surface area contributed by atoms with Crippen LogP contribution in [0.5, 0.6) is 0 Å². The van der Waals surface area contributed by atoms with Gasteiger partial charge in [0.1, 0.15) is 5.69 Å². The number of nitrogens with zero attached hydrogens (tertiary/aromatic N) is 1. The first-order valence-corrected chi connectivity index (χ1v) is 9.10. The van der Waals surface area contributed by atoms with E-state index in [2.05, 4.69) is 15.3 Å². The smallest absolute Gasteiger partial charge is 0.355 e. The van der Waals surface area contributed by atoms with Crippen LogP contribution in [0.2, 0.25) is 10.0 Å². The molecule has 0 radical (unpaired) electrons. The zero-order valence-electron chi connectivity index (χ0n) is 15.7. The van der Waals surface area contributed by atoms with Gasteiger partial charge in [-0.25, -0.2) is 14.6 Å². The lowest BCUT2D eigenvalue weighted by molar-refractivity contribution is -0.123. The van der Waals surface area contributed by atoms with Crippen molar-refractivity contribution in [3.63, 3.8) is 0 Å². The van der Waals surface area contributed by atoms with Crippen LogP contribution in [0, 0.1) is 13.8 Å². The summed E-state index contributed by atoms with van der Waals surface area (Å²) in [6, 6.07) is 1.42. The molecule has 2 heterocycles. The van der Waals surface area contributed by atoms with Crippen LogP contribution in [0.4, 0.5) is 5.82 Å². The zero-order chi connectivity index (χ0) is 21.0. The number of nitrogens with one attached hydrogen (secondary N) is 2. The summed E-state index contributed by atoms with van der Waals surface area (Å²) in [7, 11) is 0. The predicted octanol–water partition coefficient (Wildman–Crippen LogP) is 3.69. The largest absolute Gasteiger partial charge is 0.462 e. The summed E-state index contributed by atoms with van der Waals surface area (Å²) >= 11 is 11.7. The normalized spacial score (nSPS) is 11.6. The molecule has 0 unspecified atom stereocenters. The Morgan fingerprint density at radius 2 is 1.93 bits per heavy atom. The lowest BCUT2D eigenvalue weighted by Crippen LogP contribution is -2.30. The molecule has 0 aliphatic rings. The molecule has 1 amide bonds. The first-order valence-electron chi connectivity index (χ1n) is 8.34. The van der Waals surface area contributed by atoms with Crippen molar-refractivity contribution in [1.29, 1.82) is 0 Å². The maximum atomic E-state index is 12.4. The fraction of sp³-hybridized carbons (Fsp3) is 0.333. The van der Waals surface area contributed by atoms with Crippen molar-refractivity contribution in [1.82, 2.24) is 9.97 Å². The zero-order valence-corrected chi connectivity index (χ0v) is 17.2. The summed E-state index contributed by atoms with van der Waals surface area (Å²) in [6.07, 6.45) is 0.178. The van der Waals surface area contributed by atoms with Crippen LogP contribution in [0.3, 0.4) is 0 Å². The van der Waals surface area contributed by atoms with E-state index in [1.54, 1.807) is 20.8 Å². The third kappa shape index (κ3) is 4.82. The van der Waals surface area contributed by atoms with E-state index in [9.17, 15) is 14.4 Å². The van der Waals surface area contributed by atoms with Gasteiger partial charge in [0.15, 0.2) is 11.9 Å². The van der Waals surface area contributed by atoms with E-state index in [0.717, 1.165) is 0 Å². The van der Waals surface area contributed by atoms with Crippen LogP contribution >= 0.6 is 23.2 Å². The molecule has 2 rings (SSSR count). The van der Waals surface area contributed by atoms with E-state index >= 15 is 0 Å². The molecule has 0 spiro atoms. The van der Waals surface area contributed by atoms with Gasteiger partial charge in [-0.1, -0.05) is 23.2 Å². The number of H-pyrrole nitrogens is 1. The summed E-state index contributed by atoms with van der Waals surface area (Å²) in [5.74, 6) is -1.86. The molecule has 8 nitrogen and oxygen atoms in total. The fourth-order valence-electron chi connectivity index (χ4n) is 2.46. The molecule has 150 valence electrons. The number of esters is 2. The minimum absolute atomic E-state index is 0.0721. The molecule has 0 aromatic carbocycles. The summed E-state index contributed by atoms with van der Waals surface area (Å²) < 4.78 is 10.2. The van der Waals surface area contributed by atoms with Gasteiger partial charge in [0.2, 0.25) is 0 Å². The monoisotopic (exact) mass is 427 g/mol. The molecule has 0 fully saturated rings. The SMILES string of the molecule is CCOC(=O)c1c(C)[nH]c(C(=O)O[C@H](C)C(=O)Nc2ncc(Cl)cc2Cl)c1C. The van der Waals surface area contributed by atoms with E-state index in [1.165, 1.54) is 19.2 Å². The highest BCUT2D eigenvalue weighted by Gasteiger charge is 2.26. The molecule has 1 atom stereocenters. The maximum absolute atomic E-state index is 12.4. The van der Waals surface area contributed by atoms with Crippen molar-refractivity contribution in [3.8, 4) is 0 Å². The number of halogens is 2. The fourth-order valence-corrected chi connectivity index (χ4v) is 2.89. The van der Waals surface area contributed by atoms with Crippen LogP contribution in [0.1, 0.15) is 46.0 Å². The van der Waals surface area contributed by atoms with Gasteiger partial charge in [0.25, 0.3) is 5.91 Å². The number of carbonyl (C=O) groups is 3. The van der Waals surface area contributed by atoms with Crippen molar-refractivity contribution >= 4 is 46.9 Å². The number of hydrogen-bond acceptors (Lipinski definition) is 6. The molecule has 28 heavy (non-hydrogen) atoms. The van der Waals surface area contributed by atoms with Crippen LogP contribution in [0.25, 0.3) is 0 Å². The van der Waals surface area contributed by atoms with Gasteiger partial charge in [0, 0.05) is 11.9 Å². The molecule has 0 saturated carbocycles. The van der Waals surface area contributed by atoms with E-state index in [-0.39, 0.29) is 28.7 Å². The van der Waals surface area contributed by atoms with Crippen molar-refractivity contribution < 1.29 is 23.9 Å². The Balaban J connectivity index is 2.10. The number of aryl methyl sites for hydroxylation is 1. The van der Waals surface area contributed by atoms with Crippen molar-refractivity contribution in [3.05, 3.63) is 44.8 Å². The third-order valence-corrected chi connectivity index (χ3v) is 4.32. The average molecular weight is 428 g/mol. The highest BCUT2D eigenvalue weighted by atomic mass is 35.5. The van der Waals surface area contributed by atoms with Gasteiger partial charge in [-0.05, 0) is 39.3 Å². The van der Waals surface area contributed by atoms with Crippen LogP contribution < -0.4 is 5.32 Å². The Morgan fingerprint density at radius 3 is 2.54 bits per heavy atom.